The number of nitrogens with zero attached hydrogens (tertiary/aromatic N) is 2. The average molecular weight is 323 g/mol. The fourth-order valence-corrected chi connectivity index (χ4v) is 2.13. The molecular weight excluding hydrogens is 315 g/mol. The second kappa shape index (κ2) is 6.44. The highest BCUT2D eigenvalue weighted by Crippen LogP contribution is 2.28. The van der Waals surface area contributed by atoms with Crippen LogP contribution in [0.2, 0.25) is 10.0 Å². The number of hydrogen-bond donors (Lipinski definition) is 0. The van der Waals surface area contributed by atoms with Crippen molar-refractivity contribution in [1.82, 2.24) is 0 Å². The second-order valence-electron chi connectivity index (χ2n) is 4.04. The lowest BCUT2D eigenvalue weighted by Gasteiger charge is -2.09. The molecule has 0 saturated heterocycles. The quantitative estimate of drug-likeness (QED) is 0.619. The topological polar surface area (TPSA) is 76.2 Å². The van der Waals surface area contributed by atoms with E-state index in [1.54, 1.807) is 12.1 Å². The Morgan fingerprint density at radius 3 is 2.62 bits per heavy atom. The van der Waals surface area contributed by atoms with E-state index in [1.165, 1.54) is 24.3 Å². The summed E-state index contributed by atoms with van der Waals surface area (Å²) in [6, 6.07) is 10.9. The molecule has 0 atom stereocenters. The average Bonchev–Trinajstić information content (AvgIpc) is 2.45. The van der Waals surface area contributed by atoms with Crippen molar-refractivity contribution in [2.75, 3.05) is 0 Å². The lowest BCUT2D eigenvalue weighted by molar-refractivity contribution is -0.385. The van der Waals surface area contributed by atoms with Gasteiger partial charge in [0.15, 0.2) is 0 Å². The monoisotopic (exact) mass is 322 g/mol. The van der Waals surface area contributed by atoms with Crippen molar-refractivity contribution in [1.29, 1.82) is 5.26 Å². The summed E-state index contributed by atoms with van der Waals surface area (Å²) in [7, 11) is 0. The Bertz CT molecular complexity index is 741. The zero-order chi connectivity index (χ0) is 15.4. The first-order valence-corrected chi connectivity index (χ1v) is 6.52. The van der Waals surface area contributed by atoms with Gasteiger partial charge >= 0.3 is 0 Å². The van der Waals surface area contributed by atoms with Crippen molar-refractivity contribution in [3.05, 3.63) is 67.7 Å². The molecule has 106 valence electrons. The lowest BCUT2D eigenvalue weighted by atomic mass is 10.2. The number of nitro groups is 1. The third-order valence-corrected chi connectivity index (χ3v) is 3.40. The van der Waals surface area contributed by atoms with Gasteiger partial charge in [-0.2, -0.15) is 5.26 Å². The van der Waals surface area contributed by atoms with Gasteiger partial charge in [0.1, 0.15) is 18.4 Å². The number of nitro benzene ring substituents is 1. The van der Waals surface area contributed by atoms with Crippen LogP contribution in [0, 0.1) is 21.4 Å². The van der Waals surface area contributed by atoms with E-state index in [2.05, 4.69) is 0 Å². The van der Waals surface area contributed by atoms with Crippen LogP contribution in [-0.2, 0) is 6.61 Å². The maximum atomic E-state index is 11.0. The van der Waals surface area contributed by atoms with Crippen LogP contribution in [0.4, 0.5) is 5.69 Å². The number of ether oxygens (including phenoxy) is 1. The van der Waals surface area contributed by atoms with Gasteiger partial charge in [-0.15, -0.1) is 0 Å². The minimum absolute atomic E-state index is 0.0712. The summed E-state index contributed by atoms with van der Waals surface area (Å²) in [5.74, 6) is 0.396. The Labute approximate surface area is 130 Å². The molecule has 0 radical (unpaired) electrons. The van der Waals surface area contributed by atoms with Gasteiger partial charge < -0.3 is 4.74 Å². The molecule has 7 heteroatoms. The summed E-state index contributed by atoms with van der Waals surface area (Å²) in [6.07, 6.45) is 0. The van der Waals surface area contributed by atoms with Gasteiger partial charge in [0, 0.05) is 12.1 Å². The number of halogens is 2. The fourth-order valence-electron chi connectivity index (χ4n) is 1.69. The van der Waals surface area contributed by atoms with Crippen LogP contribution >= 0.6 is 23.2 Å². The van der Waals surface area contributed by atoms with Gasteiger partial charge in [-0.1, -0.05) is 29.3 Å². The van der Waals surface area contributed by atoms with E-state index in [0.29, 0.717) is 11.3 Å². The van der Waals surface area contributed by atoms with Gasteiger partial charge in [-0.05, 0) is 18.2 Å². The minimum Gasteiger partial charge on any atom is -0.489 e. The van der Waals surface area contributed by atoms with Gasteiger partial charge in [0.25, 0.3) is 5.69 Å². The van der Waals surface area contributed by atoms with Crippen LogP contribution in [0.5, 0.6) is 5.75 Å². The van der Waals surface area contributed by atoms with Crippen molar-refractivity contribution in [2.24, 2.45) is 0 Å². The van der Waals surface area contributed by atoms with Gasteiger partial charge in [-0.25, -0.2) is 0 Å². The van der Waals surface area contributed by atoms with Crippen molar-refractivity contribution < 1.29 is 9.66 Å². The third-order valence-electron chi connectivity index (χ3n) is 2.73. The van der Waals surface area contributed by atoms with E-state index in [-0.39, 0.29) is 27.9 Å². The number of hydrogen-bond acceptors (Lipinski definition) is 4. The van der Waals surface area contributed by atoms with Crippen molar-refractivity contribution in [3.63, 3.8) is 0 Å². The third kappa shape index (κ3) is 3.43. The van der Waals surface area contributed by atoms with E-state index in [1.807, 2.05) is 6.07 Å². The van der Waals surface area contributed by atoms with Crippen molar-refractivity contribution >= 4 is 28.9 Å². The molecule has 0 aliphatic carbocycles. The molecule has 2 rings (SSSR count). The Hall–Kier alpha value is -2.29. The van der Waals surface area contributed by atoms with Crippen LogP contribution < -0.4 is 4.74 Å². The van der Waals surface area contributed by atoms with E-state index in [4.69, 9.17) is 33.2 Å². The largest absolute Gasteiger partial charge is 0.489 e. The summed E-state index contributed by atoms with van der Waals surface area (Å²) in [5, 5.41) is 20.2. The first kappa shape index (κ1) is 15.1. The molecule has 0 amide bonds. The highest BCUT2D eigenvalue weighted by molar-refractivity contribution is 6.32. The molecule has 0 aromatic heterocycles. The molecule has 0 fully saturated rings. The Morgan fingerprint density at radius 2 is 2.00 bits per heavy atom. The predicted octanol–water partition coefficient (Wildman–Crippen LogP) is 4.35. The maximum absolute atomic E-state index is 11.0. The summed E-state index contributed by atoms with van der Waals surface area (Å²) in [6.45, 7) is -0.0712. The minimum atomic E-state index is -0.518. The molecule has 0 bridgehead atoms. The molecule has 0 saturated carbocycles. The van der Waals surface area contributed by atoms with Crippen molar-refractivity contribution in [2.45, 2.75) is 6.61 Å². The summed E-state index contributed by atoms with van der Waals surface area (Å²) >= 11 is 11.9. The molecule has 0 aliphatic rings. The van der Waals surface area contributed by atoms with E-state index in [0.717, 1.165) is 0 Å². The van der Waals surface area contributed by atoms with E-state index >= 15 is 0 Å². The van der Waals surface area contributed by atoms with E-state index < -0.39 is 4.92 Å². The number of rotatable bonds is 4. The van der Waals surface area contributed by atoms with Crippen LogP contribution in [-0.4, -0.2) is 4.92 Å². The first-order chi connectivity index (χ1) is 10.0. The normalized spacial score (nSPS) is 9.95. The maximum Gasteiger partial charge on any atom is 0.277 e. The van der Waals surface area contributed by atoms with E-state index in [9.17, 15) is 10.1 Å². The lowest BCUT2D eigenvalue weighted by Crippen LogP contribution is -2.01. The smallest absolute Gasteiger partial charge is 0.277 e. The molecule has 0 unspecified atom stereocenters. The zero-order valence-electron chi connectivity index (χ0n) is 10.5. The van der Waals surface area contributed by atoms with Crippen molar-refractivity contribution in [3.8, 4) is 11.8 Å². The molecule has 0 aliphatic heterocycles. The summed E-state index contributed by atoms with van der Waals surface area (Å²) in [4.78, 5) is 10.4. The SMILES string of the molecule is N#Cc1ccc(OCc2c(Cl)cccc2[N+](=O)[O-])cc1Cl. The van der Waals surface area contributed by atoms with Crippen LogP contribution in [0.1, 0.15) is 11.1 Å². The first-order valence-electron chi connectivity index (χ1n) is 5.77. The Kier molecular flexibility index (Phi) is 4.63. The molecule has 2 aromatic rings. The summed E-state index contributed by atoms with van der Waals surface area (Å²) in [5.41, 5.74) is 0.500. The second-order valence-corrected chi connectivity index (χ2v) is 4.85. The zero-order valence-corrected chi connectivity index (χ0v) is 12.1. The van der Waals surface area contributed by atoms with Crippen LogP contribution in [0.15, 0.2) is 36.4 Å². The number of nitriles is 1. The van der Waals surface area contributed by atoms with Gasteiger partial charge in [0.2, 0.25) is 0 Å². The highest BCUT2D eigenvalue weighted by atomic mass is 35.5. The van der Waals surface area contributed by atoms with Gasteiger partial charge in [0.05, 0.1) is 26.1 Å². The highest BCUT2D eigenvalue weighted by Gasteiger charge is 2.17. The molecule has 0 spiro atoms. The molecule has 5 nitrogen and oxygen atoms in total. The predicted molar refractivity (Wildman–Crippen MR) is 78.6 cm³/mol. The molecule has 21 heavy (non-hydrogen) atoms. The standard InChI is InChI=1S/C14H8Cl2N2O3/c15-12-2-1-3-14(18(19)20)11(12)8-21-10-5-4-9(7-17)13(16)6-10/h1-6H,8H2. The Balaban J connectivity index is 2.23. The van der Waals surface area contributed by atoms with Gasteiger partial charge in [-0.3, -0.25) is 10.1 Å². The molecule has 0 N–H and O–H groups in total. The molecular formula is C14H8Cl2N2O3. The van der Waals surface area contributed by atoms with Crippen LogP contribution in [0.25, 0.3) is 0 Å². The Morgan fingerprint density at radius 1 is 1.24 bits per heavy atom. The molecule has 2 aromatic carbocycles. The summed E-state index contributed by atoms with van der Waals surface area (Å²) < 4.78 is 5.46. The fraction of sp³-hybridized carbons (Fsp3) is 0.0714. The number of benzene rings is 2. The molecule has 0 heterocycles. The van der Waals surface area contributed by atoms with Crippen LogP contribution in [0.3, 0.4) is 0 Å².